The van der Waals surface area contributed by atoms with Crippen molar-refractivity contribution in [1.29, 1.82) is 0 Å². The lowest BCUT2D eigenvalue weighted by Gasteiger charge is -2.35. The minimum Gasteiger partial charge on any atom is -0.511 e. The Morgan fingerprint density at radius 2 is 1.55 bits per heavy atom. The van der Waals surface area contributed by atoms with Gasteiger partial charge in [-0.1, -0.05) is 13.8 Å². The van der Waals surface area contributed by atoms with Crippen LogP contribution in [0.5, 0.6) is 0 Å². The monoisotopic (exact) mass is 310 g/mol. The fraction of sp³-hybridized carbons (Fsp3) is 0.727. The molecule has 0 amide bonds. The Kier molecular flexibility index (Phi) is 5.62. The quantitative estimate of drug-likeness (QED) is 0.471. The second kappa shape index (κ2) is 6.01. The van der Waals surface area contributed by atoms with E-state index in [-0.39, 0.29) is 6.08 Å². The van der Waals surface area contributed by atoms with E-state index in [9.17, 15) is 40.6 Å². The molecule has 0 rings (SSSR count). The zero-order valence-electron chi connectivity index (χ0n) is 10.6. The summed E-state index contributed by atoms with van der Waals surface area (Å²) in [7, 11) is 0. The number of ketones is 1. The van der Waals surface area contributed by atoms with Gasteiger partial charge in [-0.15, -0.1) is 0 Å². The summed E-state index contributed by atoms with van der Waals surface area (Å²) >= 11 is 0. The Hall–Kier alpha value is -1.28. The minimum absolute atomic E-state index is 0.200. The molecule has 1 atom stereocenters. The van der Waals surface area contributed by atoms with E-state index < -0.39 is 48.3 Å². The molecule has 0 fully saturated rings. The van der Waals surface area contributed by atoms with Crippen LogP contribution in [0.2, 0.25) is 0 Å². The number of carbonyl (C=O) groups is 1. The van der Waals surface area contributed by atoms with E-state index in [0.29, 0.717) is 6.92 Å². The van der Waals surface area contributed by atoms with Crippen LogP contribution in [0.3, 0.4) is 0 Å². The number of aliphatic hydroxyl groups is 1. The summed E-state index contributed by atoms with van der Waals surface area (Å²) in [6.45, 7) is 0.286. The van der Waals surface area contributed by atoms with Crippen molar-refractivity contribution in [2.24, 2.45) is 11.3 Å². The van der Waals surface area contributed by atoms with Gasteiger partial charge in [0.1, 0.15) is 5.76 Å². The first-order chi connectivity index (χ1) is 8.85. The maximum atomic E-state index is 12.7. The predicted octanol–water partition coefficient (Wildman–Crippen LogP) is 4.12. The molecule has 1 unspecified atom stereocenters. The van der Waals surface area contributed by atoms with Gasteiger partial charge in [0.05, 0.1) is 6.67 Å². The molecule has 1 N–H and O–H groups in total. The molecule has 118 valence electrons. The van der Waals surface area contributed by atoms with Gasteiger partial charge in [0.25, 0.3) is 0 Å². The fourth-order valence-electron chi connectivity index (χ4n) is 1.51. The van der Waals surface area contributed by atoms with E-state index >= 15 is 0 Å². The van der Waals surface area contributed by atoms with Crippen LogP contribution in [0.1, 0.15) is 20.3 Å². The van der Waals surface area contributed by atoms with Crippen LogP contribution >= 0.6 is 0 Å². The molecule has 0 aliphatic rings. The highest BCUT2D eigenvalue weighted by Crippen LogP contribution is 2.56. The summed E-state index contributed by atoms with van der Waals surface area (Å²) in [5.74, 6) is -4.96. The van der Waals surface area contributed by atoms with Crippen molar-refractivity contribution >= 4 is 5.78 Å². The molecule has 0 saturated carbocycles. The number of hydrogen-bond donors (Lipinski definition) is 1. The molecule has 0 aromatic carbocycles. The van der Waals surface area contributed by atoms with Gasteiger partial charge in [-0.3, -0.25) is 9.18 Å². The minimum atomic E-state index is -5.85. The highest BCUT2D eigenvalue weighted by Gasteiger charge is 2.72. The first kappa shape index (κ1) is 18.7. The van der Waals surface area contributed by atoms with Crippen molar-refractivity contribution < 1.29 is 40.6 Å². The zero-order valence-corrected chi connectivity index (χ0v) is 10.6. The Balaban J connectivity index is 5.92. The van der Waals surface area contributed by atoms with Crippen LogP contribution in [-0.4, -0.2) is 29.9 Å². The maximum absolute atomic E-state index is 12.7. The summed E-state index contributed by atoms with van der Waals surface area (Å²) in [5.41, 5.74) is -4.54. The van der Waals surface area contributed by atoms with E-state index in [1.54, 1.807) is 0 Å². The van der Waals surface area contributed by atoms with Crippen LogP contribution in [0.4, 0.5) is 30.7 Å². The first-order valence-electron chi connectivity index (χ1n) is 5.49. The lowest BCUT2D eigenvalue weighted by atomic mass is 9.80. The standard InChI is InChI=1S/C11H13F7O2/c1-3-9(10(13,14)15,11(16,17)18)8(20)4-7(19)6(2)5-12/h4,6,20H,3,5H2,1-2H3/b8-4-. The molecule has 0 bridgehead atoms. The molecular formula is C11H13F7O2. The third-order valence-electron chi connectivity index (χ3n) is 2.93. The lowest BCUT2D eigenvalue weighted by Crippen LogP contribution is -2.51. The molecule has 20 heavy (non-hydrogen) atoms. The van der Waals surface area contributed by atoms with Crippen molar-refractivity contribution in [3.8, 4) is 0 Å². The SMILES string of the molecule is CCC(/C(O)=C/C(=O)C(C)CF)(C(F)(F)F)C(F)(F)F. The third-order valence-corrected chi connectivity index (χ3v) is 2.93. The van der Waals surface area contributed by atoms with Crippen molar-refractivity contribution in [1.82, 2.24) is 0 Å². The summed E-state index contributed by atoms with van der Waals surface area (Å²) in [5, 5.41) is 9.22. The molecule has 0 aliphatic heterocycles. The number of halogens is 7. The Labute approximate surface area is 110 Å². The number of rotatable bonds is 5. The van der Waals surface area contributed by atoms with Crippen molar-refractivity contribution in [3.05, 3.63) is 11.8 Å². The van der Waals surface area contributed by atoms with Gasteiger partial charge in [0.2, 0.25) is 5.41 Å². The molecule has 0 saturated heterocycles. The van der Waals surface area contributed by atoms with Crippen LogP contribution in [0.25, 0.3) is 0 Å². The number of hydrogen-bond acceptors (Lipinski definition) is 2. The van der Waals surface area contributed by atoms with E-state index in [2.05, 4.69) is 0 Å². The fourth-order valence-corrected chi connectivity index (χ4v) is 1.51. The number of aliphatic hydroxyl groups excluding tert-OH is 1. The molecule has 2 nitrogen and oxygen atoms in total. The Bertz CT molecular complexity index is 367. The Morgan fingerprint density at radius 3 is 1.80 bits per heavy atom. The molecule has 0 aliphatic carbocycles. The van der Waals surface area contributed by atoms with Crippen molar-refractivity contribution in [2.45, 2.75) is 32.6 Å². The number of carbonyl (C=O) groups excluding carboxylic acids is 1. The molecular weight excluding hydrogens is 297 g/mol. The molecule has 0 aromatic rings. The average molecular weight is 310 g/mol. The normalized spacial score (nSPS) is 16.1. The summed E-state index contributed by atoms with van der Waals surface area (Å²) < 4.78 is 88.7. The smallest absolute Gasteiger partial charge is 0.410 e. The topological polar surface area (TPSA) is 37.3 Å². The largest absolute Gasteiger partial charge is 0.511 e. The van der Waals surface area contributed by atoms with Gasteiger partial charge in [-0.2, -0.15) is 26.3 Å². The number of allylic oxidation sites excluding steroid dienone is 2. The van der Waals surface area contributed by atoms with E-state index in [0.717, 1.165) is 6.92 Å². The van der Waals surface area contributed by atoms with Crippen molar-refractivity contribution in [3.63, 3.8) is 0 Å². The third kappa shape index (κ3) is 3.24. The molecule has 0 spiro atoms. The van der Waals surface area contributed by atoms with Crippen LogP contribution in [0, 0.1) is 11.3 Å². The number of alkyl halides is 7. The van der Waals surface area contributed by atoms with Gasteiger partial charge in [0, 0.05) is 12.0 Å². The predicted molar refractivity (Wildman–Crippen MR) is 55.7 cm³/mol. The highest BCUT2D eigenvalue weighted by molar-refractivity contribution is 5.92. The van der Waals surface area contributed by atoms with Crippen LogP contribution in [-0.2, 0) is 4.79 Å². The van der Waals surface area contributed by atoms with E-state index in [4.69, 9.17) is 0 Å². The van der Waals surface area contributed by atoms with Gasteiger partial charge < -0.3 is 5.11 Å². The second-order valence-corrected chi connectivity index (χ2v) is 4.24. The van der Waals surface area contributed by atoms with Gasteiger partial charge in [-0.25, -0.2) is 0 Å². The lowest BCUT2D eigenvalue weighted by molar-refractivity contribution is -0.334. The van der Waals surface area contributed by atoms with Gasteiger partial charge >= 0.3 is 12.4 Å². The molecule has 0 aromatic heterocycles. The van der Waals surface area contributed by atoms with E-state index in [1.807, 2.05) is 0 Å². The van der Waals surface area contributed by atoms with Crippen LogP contribution < -0.4 is 0 Å². The first-order valence-corrected chi connectivity index (χ1v) is 5.49. The molecule has 0 heterocycles. The van der Waals surface area contributed by atoms with Gasteiger partial charge in [-0.05, 0) is 6.42 Å². The highest BCUT2D eigenvalue weighted by atomic mass is 19.4. The zero-order chi connectivity index (χ0) is 16.4. The Morgan fingerprint density at radius 1 is 1.15 bits per heavy atom. The summed E-state index contributed by atoms with van der Waals surface area (Å²) in [4.78, 5) is 11.2. The van der Waals surface area contributed by atoms with E-state index in [1.165, 1.54) is 0 Å². The summed E-state index contributed by atoms with van der Waals surface area (Å²) in [6, 6.07) is 0. The second-order valence-electron chi connectivity index (χ2n) is 4.24. The van der Waals surface area contributed by atoms with Crippen LogP contribution in [0.15, 0.2) is 11.8 Å². The van der Waals surface area contributed by atoms with Gasteiger partial charge in [0.15, 0.2) is 5.78 Å². The summed E-state index contributed by atoms with van der Waals surface area (Å²) in [6.07, 6.45) is -13.4. The molecule has 9 heteroatoms. The average Bonchev–Trinajstić information content (AvgIpc) is 2.25. The maximum Gasteiger partial charge on any atom is 0.410 e. The molecule has 0 radical (unpaired) electrons. The van der Waals surface area contributed by atoms with Crippen molar-refractivity contribution in [2.75, 3.05) is 6.67 Å².